The Morgan fingerprint density at radius 1 is 1.50 bits per heavy atom. The van der Waals surface area contributed by atoms with Crippen LogP contribution in [0, 0.1) is 5.92 Å². The molecule has 1 heterocycles. The summed E-state index contributed by atoms with van der Waals surface area (Å²) in [4.78, 5) is 3.91. The maximum Gasteiger partial charge on any atom is 0.145 e. The average molecular weight is 192 g/mol. The Morgan fingerprint density at radius 2 is 2.36 bits per heavy atom. The van der Waals surface area contributed by atoms with Crippen molar-refractivity contribution in [3.8, 4) is 5.75 Å². The van der Waals surface area contributed by atoms with Crippen LogP contribution in [0.3, 0.4) is 0 Å². The van der Waals surface area contributed by atoms with Gasteiger partial charge in [0.25, 0.3) is 0 Å². The van der Waals surface area contributed by atoms with Crippen LogP contribution in [0.5, 0.6) is 5.75 Å². The van der Waals surface area contributed by atoms with Crippen LogP contribution in [-0.4, -0.2) is 11.6 Å². The summed E-state index contributed by atoms with van der Waals surface area (Å²) in [7, 11) is 0. The summed E-state index contributed by atoms with van der Waals surface area (Å²) >= 11 is 0. The van der Waals surface area contributed by atoms with E-state index in [1.165, 1.54) is 19.3 Å². The molecule has 0 aliphatic heterocycles. The minimum absolute atomic E-state index is 0.626. The molecule has 0 bridgehead atoms. The number of rotatable bonds is 4. The molecule has 0 amide bonds. The fraction of sp³-hybridized carbons (Fsp3) is 0.545. The Morgan fingerprint density at radius 3 is 3.00 bits per heavy atom. The number of ether oxygens (including phenoxy) is 1. The van der Waals surface area contributed by atoms with Crippen LogP contribution in [0.25, 0.3) is 0 Å². The van der Waals surface area contributed by atoms with E-state index in [4.69, 9.17) is 10.5 Å². The zero-order valence-electron chi connectivity index (χ0n) is 8.28. The third kappa shape index (κ3) is 2.16. The van der Waals surface area contributed by atoms with Gasteiger partial charge in [-0.3, -0.25) is 4.98 Å². The Labute approximate surface area is 84.3 Å². The first-order valence-corrected chi connectivity index (χ1v) is 5.18. The standard InChI is InChI=1S/C11H16N2O/c12-10-8-13-6-4-11(10)14-7-5-9-2-1-3-9/h4,6,8-9H,1-3,5,7,12H2. The fourth-order valence-corrected chi connectivity index (χ4v) is 1.64. The Balaban J connectivity index is 1.76. The molecule has 3 nitrogen and oxygen atoms in total. The van der Waals surface area contributed by atoms with Crippen molar-refractivity contribution in [3.63, 3.8) is 0 Å². The number of nitrogens with two attached hydrogens (primary N) is 1. The van der Waals surface area contributed by atoms with E-state index in [0.29, 0.717) is 5.69 Å². The highest BCUT2D eigenvalue weighted by atomic mass is 16.5. The Kier molecular flexibility index (Phi) is 2.87. The van der Waals surface area contributed by atoms with Crippen molar-refractivity contribution in [2.45, 2.75) is 25.7 Å². The van der Waals surface area contributed by atoms with Gasteiger partial charge in [0.1, 0.15) is 5.75 Å². The number of aromatic nitrogens is 1. The summed E-state index contributed by atoms with van der Waals surface area (Å²) in [5.41, 5.74) is 6.32. The first-order chi connectivity index (χ1) is 6.86. The lowest BCUT2D eigenvalue weighted by atomic mass is 9.83. The molecule has 2 N–H and O–H groups in total. The van der Waals surface area contributed by atoms with Crippen molar-refractivity contribution in [2.75, 3.05) is 12.3 Å². The first-order valence-electron chi connectivity index (χ1n) is 5.18. The van der Waals surface area contributed by atoms with E-state index in [1.54, 1.807) is 12.4 Å². The molecule has 1 aromatic heterocycles. The van der Waals surface area contributed by atoms with Gasteiger partial charge in [-0.05, 0) is 12.3 Å². The number of pyridine rings is 1. The quantitative estimate of drug-likeness (QED) is 0.795. The van der Waals surface area contributed by atoms with Gasteiger partial charge in [-0.2, -0.15) is 0 Å². The van der Waals surface area contributed by atoms with Crippen LogP contribution >= 0.6 is 0 Å². The van der Waals surface area contributed by atoms with Gasteiger partial charge in [0.2, 0.25) is 0 Å². The summed E-state index contributed by atoms with van der Waals surface area (Å²) in [6.45, 7) is 0.777. The SMILES string of the molecule is Nc1cnccc1OCCC1CCC1. The second-order valence-corrected chi connectivity index (χ2v) is 3.85. The molecule has 0 unspecified atom stereocenters. The minimum Gasteiger partial charge on any atom is -0.491 e. The normalized spacial score (nSPS) is 16.3. The lowest BCUT2D eigenvalue weighted by molar-refractivity contribution is 0.222. The lowest BCUT2D eigenvalue weighted by Gasteiger charge is -2.25. The largest absolute Gasteiger partial charge is 0.491 e. The smallest absolute Gasteiger partial charge is 0.145 e. The molecule has 1 aliphatic carbocycles. The van der Waals surface area contributed by atoms with Crippen molar-refractivity contribution in [1.29, 1.82) is 0 Å². The maximum absolute atomic E-state index is 5.70. The molecule has 1 aromatic rings. The van der Waals surface area contributed by atoms with Crippen LogP contribution in [0.4, 0.5) is 5.69 Å². The molecular formula is C11H16N2O. The molecular weight excluding hydrogens is 176 g/mol. The number of hydrogen-bond acceptors (Lipinski definition) is 3. The molecule has 0 aromatic carbocycles. The van der Waals surface area contributed by atoms with E-state index in [9.17, 15) is 0 Å². The monoisotopic (exact) mass is 192 g/mol. The highest BCUT2D eigenvalue weighted by Gasteiger charge is 2.16. The number of hydrogen-bond donors (Lipinski definition) is 1. The second-order valence-electron chi connectivity index (χ2n) is 3.85. The van der Waals surface area contributed by atoms with Gasteiger partial charge < -0.3 is 10.5 Å². The van der Waals surface area contributed by atoms with Gasteiger partial charge in [0.15, 0.2) is 0 Å². The van der Waals surface area contributed by atoms with Gasteiger partial charge in [0.05, 0.1) is 18.5 Å². The molecule has 1 saturated carbocycles. The number of anilines is 1. The van der Waals surface area contributed by atoms with E-state index in [-0.39, 0.29) is 0 Å². The Hall–Kier alpha value is -1.25. The average Bonchev–Trinajstić information content (AvgIpc) is 2.12. The molecule has 0 spiro atoms. The van der Waals surface area contributed by atoms with Gasteiger partial charge >= 0.3 is 0 Å². The highest BCUT2D eigenvalue weighted by Crippen LogP contribution is 2.29. The zero-order chi connectivity index (χ0) is 9.80. The van der Waals surface area contributed by atoms with Gasteiger partial charge in [-0.1, -0.05) is 19.3 Å². The van der Waals surface area contributed by atoms with Crippen molar-refractivity contribution in [1.82, 2.24) is 4.98 Å². The molecule has 14 heavy (non-hydrogen) atoms. The van der Waals surface area contributed by atoms with E-state index in [0.717, 1.165) is 24.7 Å². The maximum atomic E-state index is 5.70. The second kappa shape index (κ2) is 4.31. The van der Waals surface area contributed by atoms with E-state index in [2.05, 4.69) is 4.98 Å². The van der Waals surface area contributed by atoms with Crippen molar-refractivity contribution < 1.29 is 4.74 Å². The molecule has 1 fully saturated rings. The van der Waals surface area contributed by atoms with Gasteiger partial charge in [0, 0.05) is 12.3 Å². The predicted molar refractivity (Wildman–Crippen MR) is 56.1 cm³/mol. The third-order valence-corrected chi connectivity index (χ3v) is 2.82. The van der Waals surface area contributed by atoms with Crippen molar-refractivity contribution in [3.05, 3.63) is 18.5 Å². The van der Waals surface area contributed by atoms with E-state index >= 15 is 0 Å². The van der Waals surface area contributed by atoms with Crippen LogP contribution in [0.1, 0.15) is 25.7 Å². The topological polar surface area (TPSA) is 48.1 Å². The minimum atomic E-state index is 0.626. The van der Waals surface area contributed by atoms with E-state index in [1.807, 2.05) is 6.07 Å². The lowest BCUT2D eigenvalue weighted by Crippen LogP contribution is -2.14. The summed E-state index contributed by atoms with van der Waals surface area (Å²) in [6, 6.07) is 1.82. The summed E-state index contributed by atoms with van der Waals surface area (Å²) in [6.07, 6.45) is 8.61. The summed E-state index contributed by atoms with van der Waals surface area (Å²) in [5, 5.41) is 0. The van der Waals surface area contributed by atoms with Crippen LogP contribution in [0.2, 0.25) is 0 Å². The Bertz CT molecular complexity index is 297. The summed E-state index contributed by atoms with van der Waals surface area (Å²) in [5.74, 6) is 1.65. The predicted octanol–water partition coefficient (Wildman–Crippen LogP) is 2.23. The third-order valence-electron chi connectivity index (χ3n) is 2.82. The molecule has 76 valence electrons. The van der Waals surface area contributed by atoms with Crippen molar-refractivity contribution in [2.24, 2.45) is 5.92 Å². The van der Waals surface area contributed by atoms with Gasteiger partial charge in [-0.25, -0.2) is 0 Å². The van der Waals surface area contributed by atoms with E-state index < -0.39 is 0 Å². The molecule has 0 radical (unpaired) electrons. The molecule has 0 saturated heterocycles. The molecule has 1 aliphatic rings. The molecule has 2 rings (SSSR count). The summed E-state index contributed by atoms with van der Waals surface area (Å²) < 4.78 is 5.58. The molecule has 0 atom stereocenters. The zero-order valence-corrected chi connectivity index (χ0v) is 8.28. The number of nitrogens with zero attached hydrogens (tertiary/aromatic N) is 1. The number of nitrogen functional groups attached to an aromatic ring is 1. The first kappa shape index (κ1) is 9.31. The fourth-order valence-electron chi connectivity index (χ4n) is 1.64. The van der Waals surface area contributed by atoms with Crippen molar-refractivity contribution >= 4 is 5.69 Å². The van der Waals surface area contributed by atoms with Gasteiger partial charge in [-0.15, -0.1) is 0 Å². The molecule has 3 heteroatoms. The van der Waals surface area contributed by atoms with Crippen LogP contribution in [0.15, 0.2) is 18.5 Å². The highest BCUT2D eigenvalue weighted by molar-refractivity contribution is 5.49. The van der Waals surface area contributed by atoms with Crippen LogP contribution < -0.4 is 10.5 Å². The van der Waals surface area contributed by atoms with Crippen LogP contribution in [-0.2, 0) is 0 Å².